The summed E-state index contributed by atoms with van der Waals surface area (Å²) >= 11 is 0. The van der Waals surface area contributed by atoms with Crippen molar-refractivity contribution < 1.29 is 19.8 Å². The molecular weight excluding hydrogens is 332 g/mol. The van der Waals surface area contributed by atoms with Gasteiger partial charge in [-0.3, -0.25) is 9.20 Å². The van der Waals surface area contributed by atoms with Crippen molar-refractivity contribution >= 4 is 17.6 Å². The summed E-state index contributed by atoms with van der Waals surface area (Å²) in [6, 6.07) is 3.70. The number of aromatic amines is 1. The summed E-state index contributed by atoms with van der Waals surface area (Å²) in [4.78, 5) is 35.5. The van der Waals surface area contributed by atoms with Gasteiger partial charge in [0.25, 0.3) is 5.56 Å². The number of aromatic nitrogens is 6. The Bertz CT molecular complexity index is 977. The smallest absolute Gasteiger partial charge is 0.328 e. The standard InChI is InChI=1S/C10H8N6O.C4H4O4/c1-6-3-2-4-16-9(6)11-5-7(10(16)17)8-12-14-15-13-8;5-3(6)1-2-4(7)8/h2-5H,1H3,(H,12,13,14,15);1-2H,(H,5,6)(H,7,8)/b;2-1-. The minimum atomic E-state index is -1.26. The highest BCUT2D eigenvalue weighted by Gasteiger charge is 2.11. The highest BCUT2D eigenvalue weighted by Crippen LogP contribution is 2.09. The van der Waals surface area contributed by atoms with Crippen LogP contribution >= 0.6 is 0 Å². The summed E-state index contributed by atoms with van der Waals surface area (Å²) in [5, 5.41) is 28.9. The first-order valence-electron chi connectivity index (χ1n) is 6.75. The normalized spacial score (nSPS) is 10.4. The van der Waals surface area contributed by atoms with Gasteiger partial charge in [-0.2, -0.15) is 5.21 Å². The van der Waals surface area contributed by atoms with E-state index in [2.05, 4.69) is 25.6 Å². The van der Waals surface area contributed by atoms with E-state index >= 15 is 0 Å². The fourth-order valence-corrected chi connectivity index (χ4v) is 1.82. The van der Waals surface area contributed by atoms with Gasteiger partial charge in [0.05, 0.1) is 0 Å². The SMILES string of the molecule is Cc1cccn2c(=O)c(-c3nn[nH]n3)cnc12.O=C(O)/C=C\C(=O)O. The lowest BCUT2D eigenvalue weighted by Crippen LogP contribution is -2.17. The lowest BCUT2D eigenvalue weighted by Gasteiger charge is -2.03. The Morgan fingerprint density at radius 1 is 1.24 bits per heavy atom. The van der Waals surface area contributed by atoms with Crippen molar-refractivity contribution in [3.05, 3.63) is 52.6 Å². The molecule has 0 saturated heterocycles. The van der Waals surface area contributed by atoms with Gasteiger partial charge in [0, 0.05) is 24.5 Å². The number of rotatable bonds is 3. The molecule has 3 heterocycles. The van der Waals surface area contributed by atoms with Crippen LogP contribution in [0.4, 0.5) is 0 Å². The number of aryl methyl sites for hydroxylation is 1. The van der Waals surface area contributed by atoms with Crippen LogP contribution in [-0.4, -0.2) is 52.2 Å². The molecule has 3 N–H and O–H groups in total. The monoisotopic (exact) mass is 344 g/mol. The Labute approximate surface area is 139 Å². The fourth-order valence-electron chi connectivity index (χ4n) is 1.82. The second-order valence-corrected chi connectivity index (χ2v) is 4.61. The first-order valence-corrected chi connectivity index (χ1v) is 6.75. The summed E-state index contributed by atoms with van der Waals surface area (Å²) < 4.78 is 1.47. The van der Waals surface area contributed by atoms with Crippen LogP contribution in [-0.2, 0) is 9.59 Å². The van der Waals surface area contributed by atoms with E-state index in [4.69, 9.17) is 10.2 Å². The third-order valence-electron chi connectivity index (χ3n) is 2.88. The third kappa shape index (κ3) is 4.31. The van der Waals surface area contributed by atoms with Gasteiger partial charge in [-0.15, -0.1) is 10.2 Å². The minimum Gasteiger partial charge on any atom is -0.478 e. The van der Waals surface area contributed by atoms with Crippen molar-refractivity contribution in [3.8, 4) is 11.4 Å². The molecule has 0 aliphatic heterocycles. The van der Waals surface area contributed by atoms with Crippen LogP contribution in [0.5, 0.6) is 0 Å². The molecule has 0 radical (unpaired) electrons. The number of carbonyl (C=O) groups is 2. The third-order valence-corrected chi connectivity index (χ3v) is 2.88. The van der Waals surface area contributed by atoms with Crippen molar-refractivity contribution in [2.45, 2.75) is 6.92 Å². The van der Waals surface area contributed by atoms with E-state index < -0.39 is 11.9 Å². The Balaban J connectivity index is 0.000000242. The number of carboxylic acid groups (broad SMARTS) is 2. The molecule has 11 nitrogen and oxygen atoms in total. The molecule has 0 aliphatic rings. The van der Waals surface area contributed by atoms with Crippen molar-refractivity contribution in [3.63, 3.8) is 0 Å². The van der Waals surface area contributed by atoms with Gasteiger partial charge in [0.15, 0.2) is 0 Å². The van der Waals surface area contributed by atoms with E-state index in [0.717, 1.165) is 5.56 Å². The molecule has 0 bridgehead atoms. The summed E-state index contributed by atoms with van der Waals surface area (Å²) in [6.07, 6.45) is 4.25. The molecule has 25 heavy (non-hydrogen) atoms. The molecular formula is C14H12N6O5. The van der Waals surface area contributed by atoms with Gasteiger partial charge in [0.2, 0.25) is 5.82 Å². The predicted molar refractivity (Wildman–Crippen MR) is 83.8 cm³/mol. The Morgan fingerprint density at radius 3 is 2.48 bits per heavy atom. The predicted octanol–water partition coefficient (Wildman–Crippen LogP) is -0.105. The van der Waals surface area contributed by atoms with Gasteiger partial charge in [-0.1, -0.05) is 6.07 Å². The maximum Gasteiger partial charge on any atom is 0.328 e. The van der Waals surface area contributed by atoms with Gasteiger partial charge in [-0.05, 0) is 23.8 Å². The quantitative estimate of drug-likeness (QED) is 0.550. The molecule has 0 fully saturated rings. The molecule has 0 amide bonds. The fraction of sp³-hybridized carbons (Fsp3) is 0.0714. The number of nitrogens with zero attached hydrogens (tertiary/aromatic N) is 5. The van der Waals surface area contributed by atoms with Gasteiger partial charge in [0.1, 0.15) is 11.2 Å². The van der Waals surface area contributed by atoms with Crippen molar-refractivity contribution in [1.29, 1.82) is 0 Å². The number of hydrogen-bond acceptors (Lipinski definition) is 7. The molecule has 3 rings (SSSR count). The number of nitrogens with one attached hydrogen (secondary N) is 1. The van der Waals surface area contributed by atoms with E-state index in [9.17, 15) is 14.4 Å². The molecule has 3 aromatic heterocycles. The molecule has 0 aliphatic carbocycles. The van der Waals surface area contributed by atoms with E-state index in [0.29, 0.717) is 23.4 Å². The maximum absolute atomic E-state index is 12.2. The van der Waals surface area contributed by atoms with Crippen LogP contribution in [0.15, 0.2) is 41.5 Å². The van der Waals surface area contributed by atoms with Crippen LogP contribution in [0.3, 0.4) is 0 Å². The first-order chi connectivity index (χ1) is 11.9. The number of fused-ring (bicyclic) bond motifs is 1. The topological polar surface area (TPSA) is 163 Å². The first kappa shape index (κ1) is 17.5. The lowest BCUT2D eigenvalue weighted by molar-refractivity contribution is -0.134. The number of pyridine rings is 1. The van der Waals surface area contributed by atoms with E-state index in [1.54, 1.807) is 12.3 Å². The Morgan fingerprint density at radius 2 is 1.92 bits per heavy atom. The molecule has 0 unspecified atom stereocenters. The van der Waals surface area contributed by atoms with Crippen LogP contribution < -0.4 is 5.56 Å². The second kappa shape index (κ2) is 7.59. The van der Waals surface area contributed by atoms with Crippen LogP contribution in [0, 0.1) is 6.92 Å². The summed E-state index contributed by atoms with van der Waals surface area (Å²) in [7, 11) is 0. The number of tetrazole rings is 1. The average Bonchev–Trinajstić information content (AvgIpc) is 3.09. The summed E-state index contributed by atoms with van der Waals surface area (Å²) in [5.74, 6) is -2.27. The number of carboxylic acids is 2. The molecule has 0 saturated carbocycles. The number of hydrogen-bond donors (Lipinski definition) is 3. The van der Waals surface area contributed by atoms with Crippen molar-refractivity contribution in [2.24, 2.45) is 0 Å². The minimum absolute atomic E-state index is 0.208. The largest absolute Gasteiger partial charge is 0.478 e. The molecule has 0 aromatic carbocycles. The molecule has 128 valence electrons. The highest BCUT2D eigenvalue weighted by atomic mass is 16.4. The lowest BCUT2D eigenvalue weighted by atomic mass is 10.2. The van der Waals surface area contributed by atoms with Crippen molar-refractivity contribution in [2.75, 3.05) is 0 Å². The molecule has 3 aromatic rings. The van der Waals surface area contributed by atoms with Crippen LogP contribution in [0.2, 0.25) is 0 Å². The molecule has 0 spiro atoms. The highest BCUT2D eigenvalue weighted by molar-refractivity contribution is 5.89. The summed E-state index contributed by atoms with van der Waals surface area (Å²) in [6.45, 7) is 1.90. The van der Waals surface area contributed by atoms with E-state index in [1.807, 2.05) is 13.0 Å². The zero-order chi connectivity index (χ0) is 18.4. The zero-order valence-corrected chi connectivity index (χ0v) is 12.8. The molecule has 11 heteroatoms. The Hall–Kier alpha value is -3.89. The second-order valence-electron chi connectivity index (χ2n) is 4.61. The van der Waals surface area contributed by atoms with Gasteiger partial charge < -0.3 is 10.2 Å². The zero-order valence-electron chi connectivity index (χ0n) is 12.8. The van der Waals surface area contributed by atoms with Crippen LogP contribution in [0.1, 0.15) is 5.56 Å². The van der Waals surface area contributed by atoms with Gasteiger partial charge in [-0.25, -0.2) is 14.6 Å². The number of H-pyrrole nitrogens is 1. The number of aliphatic carboxylic acids is 2. The summed E-state index contributed by atoms with van der Waals surface area (Å²) in [5.41, 5.74) is 1.68. The average molecular weight is 344 g/mol. The molecule has 0 atom stereocenters. The van der Waals surface area contributed by atoms with E-state index in [-0.39, 0.29) is 11.4 Å². The van der Waals surface area contributed by atoms with E-state index in [1.165, 1.54) is 10.6 Å². The Kier molecular flexibility index (Phi) is 5.30. The maximum atomic E-state index is 12.2. The van der Waals surface area contributed by atoms with Gasteiger partial charge >= 0.3 is 11.9 Å². The van der Waals surface area contributed by atoms with Crippen molar-refractivity contribution in [1.82, 2.24) is 30.0 Å². The van der Waals surface area contributed by atoms with Crippen LogP contribution in [0.25, 0.3) is 17.0 Å².